The first-order chi connectivity index (χ1) is 10.1. The van der Waals surface area contributed by atoms with Gasteiger partial charge in [-0.3, -0.25) is 0 Å². The van der Waals surface area contributed by atoms with Crippen molar-refractivity contribution in [3.63, 3.8) is 0 Å². The van der Waals surface area contributed by atoms with Crippen molar-refractivity contribution in [3.8, 4) is 17.3 Å². The first-order valence-electron chi connectivity index (χ1n) is 5.61. The molecule has 0 aliphatic heterocycles. The van der Waals surface area contributed by atoms with E-state index in [-0.39, 0.29) is 27.1 Å². The Balaban J connectivity index is 2.23. The van der Waals surface area contributed by atoms with Gasteiger partial charge in [0.05, 0.1) is 10.0 Å². The molecule has 0 fully saturated rings. The maximum absolute atomic E-state index is 14.1. The fourth-order valence-corrected chi connectivity index (χ4v) is 2.16. The number of halogens is 4. The Morgan fingerprint density at radius 2 is 1.95 bits per heavy atom. The zero-order valence-electron chi connectivity index (χ0n) is 10.1. The summed E-state index contributed by atoms with van der Waals surface area (Å²) in [6.07, 6.45) is 3.08. The van der Waals surface area contributed by atoms with E-state index in [2.05, 4.69) is 36.0 Å². The summed E-state index contributed by atoms with van der Waals surface area (Å²) < 4.78 is 29.4. The van der Waals surface area contributed by atoms with Crippen molar-refractivity contribution < 1.29 is 8.78 Å². The molecule has 3 rings (SSSR count). The lowest BCUT2D eigenvalue weighted by Crippen LogP contribution is -2.06. The quantitative estimate of drug-likeness (QED) is 0.647. The van der Waals surface area contributed by atoms with Crippen LogP contribution in [0.3, 0.4) is 0 Å². The van der Waals surface area contributed by atoms with Crippen LogP contribution in [0.4, 0.5) is 8.78 Å². The predicted molar refractivity (Wildman–Crippen MR) is 75.0 cm³/mol. The van der Waals surface area contributed by atoms with Crippen molar-refractivity contribution in [2.24, 2.45) is 0 Å². The van der Waals surface area contributed by atoms with Crippen LogP contribution < -0.4 is 0 Å². The third-order valence-electron chi connectivity index (χ3n) is 2.57. The molecule has 0 radical (unpaired) electrons. The summed E-state index contributed by atoms with van der Waals surface area (Å²) in [5.74, 6) is -1.77. The maximum Gasteiger partial charge on any atom is 0.255 e. The normalized spacial score (nSPS) is 10.9. The third kappa shape index (κ3) is 2.64. The molecule has 5 nitrogen and oxygen atoms in total. The highest BCUT2D eigenvalue weighted by atomic mass is 79.9. The summed E-state index contributed by atoms with van der Waals surface area (Å²) in [5.41, 5.74) is -0.387. The van der Waals surface area contributed by atoms with Crippen molar-refractivity contribution in [1.82, 2.24) is 24.7 Å². The standard InChI is InChI=1S/C12H5BrClF2N5/c13-6-2-3-7(15)8(9(6)16)10-18-11(14)20-12(19-10)21-5-1-4-17-21/h1-5H. The summed E-state index contributed by atoms with van der Waals surface area (Å²) in [6.45, 7) is 0. The monoisotopic (exact) mass is 371 g/mol. The second kappa shape index (κ2) is 5.45. The Bertz CT molecular complexity index is 810. The number of aromatic nitrogens is 5. The molecule has 0 spiro atoms. The summed E-state index contributed by atoms with van der Waals surface area (Å²) >= 11 is 8.79. The second-order valence-corrected chi connectivity index (χ2v) is 5.09. The predicted octanol–water partition coefficient (Wildman–Crippen LogP) is 3.42. The SMILES string of the molecule is Fc1ccc(Br)c(F)c1-c1nc(Cl)nc(-n2cccn2)n1. The van der Waals surface area contributed by atoms with E-state index in [4.69, 9.17) is 11.6 Å². The van der Waals surface area contributed by atoms with E-state index in [1.54, 1.807) is 12.3 Å². The molecule has 0 saturated heterocycles. The van der Waals surface area contributed by atoms with Crippen LogP contribution in [0, 0.1) is 11.6 Å². The minimum atomic E-state index is -0.816. The minimum absolute atomic E-state index is 0.0637. The van der Waals surface area contributed by atoms with Gasteiger partial charge in [0.1, 0.15) is 5.82 Å². The van der Waals surface area contributed by atoms with Gasteiger partial charge >= 0.3 is 0 Å². The van der Waals surface area contributed by atoms with Crippen LogP contribution in [-0.2, 0) is 0 Å². The highest BCUT2D eigenvalue weighted by Crippen LogP contribution is 2.29. The Morgan fingerprint density at radius 3 is 2.67 bits per heavy atom. The van der Waals surface area contributed by atoms with Gasteiger partial charge in [0.25, 0.3) is 5.95 Å². The smallest absolute Gasteiger partial charge is 0.206 e. The number of benzene rings is 1. The number of rotatable bonds is 2. The van der Waals surface area contributed by atoms with Crippen molar-refractivity contribution in [2.75, 3.05) is 0 Å². The van der Waals surface area contributed by atoms with Gasteiger partial charge < -0.3 is 0 Å². The topological polar surface area (TPSA) is 56.5 Å². The van der Waals surface area contributed by atoms with Gasteiger partial charge in [0, 0.05) is 12.4 Å². The molecule has 0 bridgehead atoms. The summed E-state index contributed by atoms with van der Waals surface area (Å²) in [5, 5.41) is 3.74. The molecule has 1 aromatic carbocycles. The zero-order chi connectivity index (χ0) is 15.0. The Labute approximate surface area is 130 Å². The molecular formula is C12H5BrClF2N5. The molecule has 21 heavy (non-hydrogen) atoms. The van der Waals surface area contributed by atoms with Gasteiger partial charge in [-0.15, -0.1) is 0 Å². The molecule has 9 heteroatoms. The summed E-state index contributed by atoms with van der Waals surface area (Å²) in [6, 6.07) is 4.01. The van der Waals surface area contributed by atoms with Crippen molar-refractivity contribution in [1.29, 1.82) is 0 Å². The molecule has 0 saturated carbocycles. The molecular weight excluding hydrogens is 368 g/mol. The van der Waals surface area contributed by atoms with E-state index in [1.165, 1.54) is 16.9 Å². The van der Waals surface area contributed by atoms with Crippen LogP contribution in [0.2, 0.25) is 5.28 Å². The molecule has 0 atom stereocenters. The van der Waals surface area contributed by atoms with Crippen LogP contribution in [-0.4, -0.2) is 24.7 Å². The van der Waals surface area contributed by atoms with Gasteiger partial charge in [0.15, 0.2) is 11.6 Å². The third-order valence-corrected chi connectivity index (χ3v) is 3.35. The van der Waals surface area contributed by atoms with Crippen molar-refractivity contribution in [2.45, 2.75) is 0 Å². The van der Waals surface area contributed by atoms with Crippen LogP contribution in [0.25, 0.3) is 17.3 Å². The van der Waals surface area contributed by atoms with Gasteiger partial charge in [-0.2, -0.15) is 20.1 Å². The Kier molecular flexibility index (Phi) is 3.64. The first kappa shape index (κ1) is 14.0. The lowest BCUT2D eigenvalue weighted by Gasteiger charge is -2.07. The van der Waals surface area contributed by atoms with E-state index in [0.29, 0.717) is 0 Å². The van der Waals surface area contributed by atoms with E-state index in [9.17, 15) is 8.78 Å². The van der Waals surface area contributed by atoms with E-state index < -0.39 is 11.6 Å². The van der Waals surface area contributed by atoms with E-state index in [1.807, 2.05) is 0 Å². The van der Waals surface area contributed by atoms with Crippen LogP contribution in [0.5, 0.6) is 0 Å². The van der Waals surface area contributed by atoms with Gasteiger partial charge in [-0.25, -0.2) is 13.5 Å². The first-order valence-corrected chi connectivity index (χ1v) is 6.79. The van der Waals surface area contributed by atoms with E-state index >= 15 is 0 Å². The van der Waals surface area contributed by atoms with Crippen LogP contribution in [0.15, 0.2) is 35.1 Å². The largest absolute Gasteiger partial charge is 0.255 e. The van der Waals surface area contributed by atoms with E-state index in [0.717, 1.165) is 6.07 Å². The number of hydrogen-bond donors (Lipinski definition) is 0. The van der Waals surface area contributed by atoms with Gasteiger partial charge in [-0.1, -0.05) is 0 Å². The van der Waals surface area contributed by atoms with Crippen LogP contribution in [0.1, 0.15) is 0 Å². The Morgan fingerprint density at radius 1 is 1.14 bits per heavy atom. The summed E-state index contributed by atoms with van der Waals surface area (Å²) in [7, 11) is 0. The lowest BCUT2D eigenvalue weighted by molar-refractivity contribution is 0.582. The minimum Gasteiger partial charge on any atom is -0.206 e. The molecule has 0 aliphatic rings. The zero-order valence-corrected chi connectivity index (χ0v) is 12.5. The molecule has 2 aromatic heterocycles. The van der Waals surface area contributed by atoms with Gasteiger partial charge in [-0.05, 0) is 45.7 Å². The summed E-state index contributed by atoms with van der Waals surface area (Å²) in [4.78, 5) is 11.7. The highest BCUT2D eigenvalue weighted by Gasteiger charge is 2.19. The molecule has 0 aliphatic carbocycles. The molecule has 0 N–H and O–H groups in total. The number of hydrogen-bond acceptors (Lipinski definition) is 4. The second-order valence-electron chi connectivity index (χ2n) is 3.90. The fourth-order valence-electron chi connectivity index (χ4n) is 1.67. The van der Waals surface area contributed by atoms with Crippen LogP contribution >= 0.6 is 27.5 Å². The average molecular weight is 373 g/mol. The molecule has 3 aromatic rings. The molecule has 106 valence electrons. The maximum atomic E-state index is 14.1. The average Bonchev–Trinajstić information content (AvgIpc) is 2.97. The lowest BCUT2D eigenvalue weighted by atomic mass is 10.2. The number of nitrogens with zero attached hydrogens (tertiary/aromatic N) is 5. The fraction of sp³-hybridized carbons (Fsp3) is 0. The van der Waals surface area contributed by atoms with Crippen molar-refractivity contribution in [3.05, 3.63) is 52.0 Å². The molecule has 0 amide bonds. The molecule has 2 heterocycles. The highest BCUT2D eigenvalue weighted by molar-refractivity contribution is 9.10. The molecule has 0 unspecified atom stereocenters. The van der Waals surface area contributed by atoms with Gasteiger partial charge in [0.2, 0.25) is 5.28 Å². The Hall–Kier alpha value is -1.93. The van der Waals surface area contributed by atoms with Crippen molar-refractivity contribution >= 4 is 27.5 Å².